The molecule has 26 heavy (non-hydrogen) atoms. The predicted octanol–water partition coefficient (Wildman–Crippen LogP) is 0.943. The Bertz CT molecular complexity index is 1000. The fraction of sp³-hybridized carbons (Fsp3) is 0.294. The standard InChI is InChI=1S/C17H21N3O5S/c1-5-25-17(21)14-12(6-7-20(19)16(14)18)13-9(2)8-10(3)15(11(13)4)26(22,23)24/h6-8,18H,5,19H2,1-4H3,(H,22,23,24). The third kappa shape index (κ3) is 3.35. The number of nitrogens with two attached hydrogens (primary N) is 2. The van der Waals surface area contributed by atoms with Crippen LogP contribution in [-0.4, -0.2) is 25.5 Å². The number of rotatable bonds is 4. The van der Waals surface area contributed by atoms with E-state index in [2.05, 4.69) is 0 Å². The van der Waals surface area contributed by atoms with Gasteiger partial charge in [0.25, 0.3) is 0 Å². The lowest BCUT2D eigenvalue weighted by Crippen LogP contribution is -2.47. The molecule has 0 fully saturated rings. The summed E-state index contributed by atoms with van der Waals surface area (Å²) in [5.74, 6) is 5.01. The average Bonchev–Trinajstić information content (AvgIpc) is 2.49. The highest BCUT2D eigenvalue weighted by molar-refractivity contribution is 7.85. The summed E-state index contributed by atoms with van der Waals surface area (Å²) in [6.45, 7) is 6.61. The Kier molecular flexibility index (Phi) is 5.24. The summed E-state index contributed by atoms with van der Waals surface area (Å²) in [4.78, 5) is 12.1. The number of anilines is 1. The molecule has 0 amide bonds. The topological polar surface area (TPSA) is 139 Å². The molecule has 0 radical (unpaired) electrons. The van der Waals surface area contributed by atoms with E-state index in [0.717, 1.165) is 4.68 Å². The number of hydrogen-bond acceptors (Lipinski definition) is 7. The van der Waals surface area contributed by atoms with Crippen LogP contribution in [0.15, 0.2) is 23.2 Å². The number of pyridine rings is 1. The summed E-state index contributed by atoms with van der Waals surface area (Å²) < 4.78 is 41.3. The van der Waals surface area contributed by atoms with Crippen LogP contribution >= 0.6 is 0 Å². The molecule has 0 atom stereocenters. The van der Waals surface area contributed by atoms with E-state index in [0.29, 0.717) is 22.3 Å². The molecule has 140 valence electrons. The van der Waals surface area contributed by atoms with E-state index in [-0.39, 0.29) is 28.4 Å². The van der Waals surface area contributed by atoms with Crippen molar-refractivity contribution < 1.29 is 27.2 Å². The van der Waals surface area contributed by atoms with Crippen molar-refractivity contribution in [1.82, 2.24) is 0 Å². The maximum absolute atomic E-state index is 12.4. The van der Waals surface area contributed by atoms with Gasteiger partial charge >= 0.3 is 11.8 Å². The van der Waals surface area contributed by atoms with Gasteiger partial charge in [0.15, 0.2) is 5.56 Å². The number of nitrogen functional groups attached to an aromatic ring is 2. The van der Waals surface area contributed by atoms with Crippen LogP contribution in [0, 0.1) is 20.8 Å². The van der Waals surface area contributed by atoms with Crippen molar-refractivity contribution in [2.45, 2.75) is 32.6 Å². The van der Waals surface area contributed by atoms with Crippen molar-refractivity contribution in [3.8, 4) is 11.1 Å². The molecule has 2 rings (SSSR count). The van der Waals surface area contributed by atoms with E-state index in [1.165, 1.54) is 19.2 Å². The number of carbonyl (C=O) groups is 1. The molecular formula is C17H21N3O5S. The third-order valence-corrected chi connectivity index (χ3v) is 5.23. The zero-order chi connectivity index (χ0) is 19.8. The van der Waals surface area contributed by atoms with Crippen LogP contribution in [0.25, 0.3) is 11.1 Å². The maximum atomic E-state index is 12.4. The molecule has 0 aliphatic carbocycles. The Labute approximate surface area is 152 Å². The summed E-state index contributed by atoms with van der Waals surface area (Å²) in [5.41, 5.74) is 8.03. The van der Waals surface area contributed by atoms with Crippen molar-refractivity contribution in [2.24, 2.45) is 0 Å². The molecule has 9 heteroatoms. The van der Waals surface area contributed by atoms with Crippen LogP contribution in [0.5, 0.6) is 0 Å². The van der Waals surface area contributed by atoms with Crippen molar-refractivity contribution in [3.05, 3.63) is 40.6 Å². The van der Waals surface area contributed by atoms with Gasteiger partial charge in [-0.25, -0.2) is 13.2 Å². The van der Waals surface area contributed by atoms with Gasteiger partial charge in [-0.15, -0.1) is 4.68 Å². The highest BCUT2D eigenvalue weighted by Crippen LogP contribution is 2.36. The van der Waals surface area contributed by atoms with Crippen LogP contribution < -0.4 is 16.3 Å². The van der Waals surface area contributed by atoms with Crippen LogP contribution in [-0.2, 0) is 14.9 Å². The van der Waals surface area contributed by atoms with Crippen LogP contribution in [0.4, 0.5) is 5.82 Å². The zero-order valence-electron chi connectivity index (χ0n) is 15.0. The summed E-state index contributed by atoms with van der Waals surface area (Å²) in [6.07, 6.45) is 1.44. The Morgan fingerprint density at radius 2 is 1.88 bits per heavy atom. The first-order valence-electron chi connectivity index (χ1n) is 7.84. The summed E-state index contributed by atoms with van der Waals surface area (Å²) in [7, 11) is -4.70. The number of aromatic nitrogens is 1. The molecule has 0 unspecified atom stereocenters. The number of benzene rings is 1. The number of ether oxygens (including phenoxy) is 1. The Balaban J connectivity index is 2.94. The molecule has 0 saturated carbocycles. The molecular weight excluding hydrogens is 358 g/mol. The lowest BCUT2D eigenvalue weighted by Gasteiger charge is -2.20. The van der Waals surface area contributed by atoms with Crippen molar-refractivity contribution in [1.29, 1.82) is 0 Å². The molecule has 0 spiro atoms. The molecule has 0 saturated heterocycles. The normalized spacial score (nSPS) is 11.4. The average molecular weight is 379 g/mol. The molecule has 1 aromatic heterocycles. The van der Waals surface area contributed by atoms with Crippen molar-refractivity contribution in [2.75, 3.05) is 18.2 Å². The Hall–Kier alpha value is -2.65. The fourth-order valence-corrected chi connectivity index (χ4v) is 4.11. The first-order chi connectivity index (χ1) is 12.0. The fourth-order valence-electron chi connectivity index (χ4n) is 3.18. The van der Waals surface area contributed by atoms with Crippen LogP contribution in [0.1, 0.15) is 34.0 Å². The maximum Gasteiger partial charge on any atom is 0.347 e. The highest BCUT2D eigenvalue weighted by Gasteiger charge is 2.27. The van der Waals surface area contributed by atoms with Gasteiger partial charge in [-0.05, 0) is 56.0 Å². The van der Waals surface area contributed by atoms with Gasteiger partial charge in [-0.3, -0.25) is 11.6 Å². The van der Waals surface area contributed by atoms with Crippen LogP contribution in [0.2, 0.25) is 0 Å². The SMILES string of the molecule is CCOC(=O)c1c(-c2c(C)cc(C)c(S(=O)(=O)[O-])c2C)cc[n+](N)c1N. The molecule has 0 bridgehead atoms. The minimum Gasteiger partial charge on any atom is -0.744 e. The van der Waals surface area contributed by atoms with E-state index in [1.54, 1.807) is 26.8 Å². The lowest BCUT2D eigenvalue weighted by molar-refractivity contribution is -0.623. The van der Waals surface area contributed by atoms with Crippen molar-refractivity contribution >= 4 is 21.9 Å². The van der Waals surface area contributed by atoms with Gasteiger partial charge < -0.3 is 9.29 Å². The number of aryl methyl sites for hydroxylation is 2. The van der Waals surface area contributed by atoms with Gasteiger partial charge in [-0.2, -0.15) is 0 Å². The Morgan fingerprint density at radius 3 is 2.42 bits per heavy atom. The van der Waals surface area contributed by atoms with Crippen molar-refractivity contribution in [3.63, 3.8) is 0 Å². The van der Waals surface area contributed by atoms with Gasteiger partial charge in [0, 0.05) is 5.56 Å². The Morgan fingerprint density at radius 1 is 1.27 bits per heavy atom. The molecule has 8 nitrogen and oxygen atoms in total. The summed E-state index contributed by atoms with van der Waals surface area (Å²) in [5, 5.41) is 0. The number of carbonyl (C=O) groups excluding carboxylic acids is 1. The quantitative estimate of drug-likeness (QED) is 0.349. The first-order valence-corrected chi connectivity index (χ1v) is 9.24. The predicted molar refractivity (Wildman–Crippen MR) is 94.8 cm³/mol. The molecule has 2 aromatic rings. The number of nitrogens with zero attached hydrogens (tertiary/aromatic N) is 1. The minimum atomic E-state index is -4.70. The van der Waals surface area contributed by atoms with Gasteiger partial charge in [0.05, 0.1) is 11.5 Å². The van der Waals surface area contributed by atoms with E-state index >= 15 is 0 Å². The number of hydrogen-bond donors (Lipinski definition) is 2. The second-order valence-corrected chi connectivity index (χ2v) is 7.23. The monoisotopic (exact) mass is 379 g/mol. The summed E-state index contributed by atoms with van der Waals surface area (Å²) in [6, 6.07) is 3.12. The van der Waals surface area contributed by atoms with Gasteiger partial charge in [-0.1, -0.05) is 6.07 Å². The smallest absolute Gasteiger partial charge is 0.347 e. The lowest BCUT2D eigenvalue weighted by atomic mass is 9.91. The third-order valence-electron chi connectivity index (χ3n) is 4.11. The minimum absolute atomic E-state index is 0.0150. The van der Waals surface area contributed by atoms with E-state index in [9.17, 15) is 17.8 Å². The van der Waals surface area contributed by atoms with Gasteiger partial charge in [0.2, 0.25) is 0 Å². The van der Waals surface area contributed by atoms with Crippen LogP contribution in [0.3, 0.4) is 0 Å². The second-order valence-electron chi connectivity index (χ2n) is 5.91. The second kappa shape index (κ2) is 6.93. The molecule has 1 aromatic carbocycles. The van der Waals surface area contributed by atoms with E-state index < -0.39 is 16.1 Å². The molecule has 0 aliphatic rings. The zero-order valence-corrected chi connectivity index (χ0v) is 15.8. The molecule has 1 heterocycles. The van der Waals surface area contributed by atoms with E-state index in [1.807, 2.05) is 0 Å². The summed E-state index contributed by atoms with van der Waals surface area (Å²) >= 11 is 0. The van der Waals surface area contributed by atoms with Gasteiger partial charge in [0.1, 0.15) is 16.3 Å². The first kappa shape index (κ1) is 19.7. The largest absolute Gasteiger partial charge is 0.744 e. The van der Waals surface area contributed by atoms with E-state index in [4.69, 9.17) is 16.3 Å². The molecule has 0 aliphatic heterocycles. The molecule has 4 N–H and O–H groups in total. The number of esters is 1. The highest BCUT2D eigenvalue weighted by atomic mass is 32.2.